The summed E-state index contributed by atoms with van der Waals surface area (Å²) in [5.74, 6) is 1.47. The Hall–Kier alpha value is -1.09. The van der Waals surface area contributed by atoms with Crippen LogP contribution in [-0.2, 0) is 4.65 Å². The highest BCUT2D eigenvalue weighted by atomic mass is 19.1. The molecule has 0 amide bonds. The molecule has 0 atom stereocenters. The third-order valence-electron chi connectivity index (χ3n) is 1.76. The van der Waals surface area contributed by atoms with Crippen LogP contribution in [-0.4, -0.2) is 13.5 Å². The van der Waals surface area contributed by atoms with Crippen molar-refractivity contribution in [3.8, 4) is 0 Å². The normalized spacial score (nSPS) is 9.69. The molecular weight excluding hydrogens is 166 g/mol. The first-order valence-electron chi connectivity index (χ1n) is 4.27. The van der Waals surface area contributed by atoms with Crippen LogP contribution in [0.1, 0.15) is 6.92 Å². The minimum Gasteiger partial charge on any atom is -0.428 e. The minimum atomic E-state index is -0.233. The van der Waals surface area contributed by atoms with Crippen molar-refractivity contribution < 1.29 is 9.04 Å². The van der Waals surface area contributed by atoms with Gasteiger partial charge in [0.15, 0.2) is 0 Å². The molecule has 0 aliphatic heterocycles. The van der Waals surface area contributed by atoms with Crippen LogP contribution in [0.2, 0.25) is 0 Å². The predicted octanol–water partition coefficient (Wildman–Crippen LogP) is 1.79. The van der Waals surface area contributed by atoms with Crippen molar-refractivity contribution in [1.29, 1.82) is 0 Å². The second-order valence-electron chi connectivity index (χ2n) is 2.66. The lowest BCUT2D eigenvalue weighted by molar-refractivity contribution is 0.357. The molecule has 0 aliphatic carbocycles. The molecule has 68 valence electrons. The standard InChI is InChI=1S/C10H12BFO/c1-3-11(13-4-2)9-5-7-10(12)8-6-9/h3,5-8H,1,4H2,2H3. The molecule has 0 saturated heterocycles. The molecular formula is C10H12BFO. The molecule has 0 unspecified atom stereocenters. The van der Waals surface area contributed by atoms with Crippen molar-refractivity contribution in [3.05, 3.63) is 42.6 Å². The molecule has 13 heavy (non-hydrogen) atoms. The first-order valence-corrected chi connectivity index (χ1v) is 4.27. The molecule has 0 fully saturated rings. The van der Waals surface area contributed by atoms with Crippen molar-refractivity contribution in [3.63, 3.8) is 0 Å². The summed E-state index contributed by atoms with van der Waals surface area (Å²) >= 11 is 0. The Kier molecular flexibility index (Phi) is 3.71. The lowest BCUT2D eigenvalue weighted by Gasteiger charge is -2.08. The largest absolute Gasteiger partial charge is 0.428 e. The molecule has 0 saturated carbocycles. The number of rotatable bonds is 4. The van der Waals surface area contributed by atoms with E-state index in [0.29, 0.717) is 6.61 Å². The highest BCUT2D eigenvalue weighted by Crippen LogP contribution is 1.96. The monoisotopic (exact) mass is 178 g/mol. The Morgan fingerprint density at radius 1 is 1.46 bits per heavy atom. The van der Waals surface area contributed by atoms with E-state index >= 15 is 0 Å². The quantitative estimate of drug-likeness (QED) is 0.638. The maximum absolute atomic E-state index is 12.6. The number of benzene rings is 1. The third kappa shape index (κ3) is 2.70. The van der Waals surface area contributed by atoms with Crippen molar-refractivity contribution in [2.24, 2.45) is 0 Å². The van der Waals surface area contributed by atoms with Crippen molar-refractivity contribution in [2.45, 2.75) is 6.92 Å². The molecule has 0 bridgehead atoms. The first kappa shape index (κ1) is 10.00. The van der Waals surface area contributed by atoms with E-state index in [0.717, 1.165) is 5.46 Å². The van der Waals surface area contributed by atoms with Gasteiger partial charge in [-0.05, 0) is 24.5 Å². The van der Waals surface area contributed by atoms with E-state index < -0.39 is 0 Å². The van der Waals surface area contributed by atoms with Crippen LogP contribution in [0, 0.1) is 5.82 Å². The fourth-order valence-electron chi connectivity index (χ4n) is 1.13. The van der Waals surface area contributed by atoms with E-state index in [1.54, 1.807) is 18.1 Å². The van der Waals surface area contributed by atoms with Crippen LogP contribution in [0.25, 0.3) is 0 Å². The van der Waals surface area contributed by atoms with Gasteiger partial charge in [-0.2, -0.15) is 0 Å². The molecule has 1 rings (SSSR count). The van der Waals surface area contributed by atoms with Crippen LogP contribution in [0.5, 0.6) is 0 Å². The molecule has 0 aromatic heterocycles. The van der Waals surface area contributed by atoms with Crippen LogP contribution < -0.4 is 5.46 Å². The van der Waals surface area contributed by atoms with Crippen molar-refractivity contribution >= 4 is 12.4 Å². The summed E-state index contributed by atoms with van der Waals surface area (Å²) in [7, 11) is 0. The minimum absolute atomic E-state index is 0.134. The maximum atomic E-state index is 12.6. The molecule has 0 heterocycles. The Morgan fingerprint density at radius 3 is 2.54 bits per heavy atom. The predicted molar refractivity (Wildman–Crippen MR) is 53.6 cm³/mol. The summed E-state index contributed by atoms with van der Waals surface area (Å²) in [6.07, 6.45) is 0. The molecule has 3 heteroatoms. The summed E-state index contributed by atoms with van der Waals surface area (Å²) in [4.78, 5) is 0. The molecule has 0 radical (unpaired) electrons. The third-order valence-corrected chi connectivity index (χ3v) is 1.76. The number of hydrogen-bond donors (Lipinski definition) is 0. The SMILES string of the molecule is C=CB(OCC)c1ccc(F)cc1. The summed E-state index contributed by atoms with van der Waals surface area (Å²) in [5, 5.41) is 0. The molecule has 1 nitrogen and oxygen atoms in total. The second kappa shape index (κ2) is 4.82. The molecule has 1 aromatic rings. The summed E-state index contributed by atoms with van der Waals surface area (Å²) in [6, 6.07) is 6.25. The zero-order valence-electron chi connectivity index (χ0n) is 7.66. The Balaban J connectivity index is 2.79. The molecule has 0 aliphatic rings. The van der Waals surface area contributed by atoms with Gasteiger partial charge in [-0.15, -0.1) is 6.58 Å². The van der Waals surface area contributed by atoms with Crippen LogP contribution >= 0.6 is 0 Å². The van der Waals surface area contributed by atoms with Crippen LogP contribution in [0.3, 0.4) is 0 Å². The molecule has 0 spiro atoms. The highest BCUT2D eigenvalue weighted by Gasteiger charge is 2.12. The van der Waals surface area contributed by atoms with Crippen LogP contribution in [0.4, 0.5) is 4.39 Å². The van der Waals surface area contributed by atoms with Gasteiger partial charge in [0, 0.05) is 6.61 Å². The van der Waals surface area contributed by atoms with Gasteiger partial charge in [-0.3, -0.25) is 0 Å². The highest BCUT2D eigenvalue weighted by molar-refractivity contribution is 6.72. The topological polar surface area (TPSA) is 9.23 Å². The fourth-order valence-corrected chi connectivity index (χ4v) is 1.13. The zero-order valence-corrected chi connectivity index (χ0v) is 7.66. The van der Waals surface area contributed by atoms with E-state index in [4.69, 9.17) is 4.65 Å². The van der Waals surface area contributed by atoms with Gasteiger partial charge in [0.2, 0.25) is 0 Å². The van der Waals surface area contributed by atoms with E-state index in [1.807, 2.05) is 6.92 Å². The summed E-state index contributed by atoms with van der Waals surface area (Å²) < 4.78 is 17.9. The zero-order chi connectivity index (χ0) is 9.68. The average molecular weight is 178 g/mol. The lowest BCUT2D eigenvalue weighted by atomic mass is 9.61. The average Bonchev–Trinajstić information content (AvgIpc) is 2.16. The molecule has 1 aromatic carbocycles. The van der Waals surface area contributed by atoms with Crippen molar-refractivity contribution in [2.75, 3.05) is 6.61 Å². The van der Waals surface area contributed by atoms with Gasteiger partial charge in [0.1, 0.15) is 5.82 Å². The summed E-state index contributed by atoms with van der Waals surface area (Å²) in [5.41, 5.74) is 0.929. The van der Waals surface area contributed by atoms with Gasteiger partial charge in [-0.1, -0.05) is 18.1 Å². The van der Waals surface area contributed by atoms with E-state index in [2.05, 4.69) is 6.58 Å². The fraction of sp³-hybridized carbons (Fsp3) is 0.200. The van der Waals surface area contributed by atoms with E-state index in [1.165, 1.54) is 12.1 Å². The van der Waals surface area contributed by atoms with Gasteiger partial charge in [-0.25, -0.2) is 4.39 Å². The van der Waals surface area contributed by atoms with E-state index in [9.17, 15) is 4.39 Å². The second-order valence-corrected chi connectivity index (χ2v) is 2.66. The van der Waals surface area contributed by atoms with Gasteiger partial charge >= 0.3 is 6.92 Å². The van der Waals surface area contributed by atoms with E-state index in [-0.39, 0.29) is 12.7 Å². The Labute approximate surface area is 78.3 Å². The van der Waals surface area contributed by atoms with Gasteiger partial charge < -0.3 is 4.65 Å². The Morgan fingerprint density at radius 2 is 2.08 bits per heavy atom. The van der Waals surface area contributed by atoms with Crippen LogP contribution in [0.15, 0.2) is 36.8 Å². The maximum Gasteiger partial charge on any atom is 0.353 e. The Bertz CT molecular complexity index is 271. The smallest absolute Gasteiger partial charge is 0.353 e. The first-order chi connectivity index (χ1) is 6.27. The molecule has 0 N–H and O–H groups in total. The lowest BCUT2D eigenvalue weighted by Crippen LogP contribution is -2.31. The van der Waals surface area contributed by atoms with Gasteiger partial charge in [0.25, 0.3) is 0 Å². The van der Waals surface area contributed by atoms with Crippen molar-refractivity contribution in [1.82, 2.24) is 0 Å². The number of halogens is 1. The summed E-state index contributed by atoms with van der Waals surface area (Å²) in [6.45, 7) is 6.06. The van der Waals surface area contributed by atoms with Gasteiger partial charge in [0.05, 0.1) is 0 Å². The number of hydrogen-bond acceptors (Lipinski definition) is 1.